The molecule has 1 aliphatic heterocycles. The van der Waals surface area contributed by atoms with Gasteiger partial charge in [-0.15, -0.1) is 0 Å². The zero-order valence-corrected chi connectivity index (χ0v) is 24.4. The molecule has 2 saturated carbocycles. The predicted octanol–water partition coefficient (Wildman–Crippen LogP) is 9.89. The second kappa shape index (κ2) is 14.1. The molecule has 0 radical (unpaired) electrons. The fraction of sp³-hybridized carbons (Fsp3) is 0.647. The molecule has 0 aromatic heterocycles. The van der Waals surface area contributed by atoms with Crippen LogP contribution >= 0.6 is 0 Å². The van der Waals surface area contributed by atoms with Crippen molar-refractivity contribution < 1.29 is 36.2 Å². The van der Waals surface area contributed by atoms with E-state index in [0.29, 0.717) is 36.3 Å². The first-order valence-corrected chi connectivity index (χ1v) is 15.8. The minimum Gasteiger partial charge on any atom is -0.432 e. The summed E-state index contributed by atoms with van der Waals surface area (Å²) >= 11 is 0. The minimum absolute atomic E-state index is 0.128. The van der Waals surface area contributed by atoms with E-state index in [9.17, 15) is 17.6 Å². The van der Waals surface area contributed by atoms with Gasteiger partial charge in [0.25, 0.3) is 0 Å². The predicted molar refractivity (Wildman–Crippen MR) is 151 cm³/mol. The zero-order chi connectivity index (χ0) is 29.7. The van der Waals surface area contributed by atoms with Gasteiger partial charge in [0.1, 0.15) is 11.6 Å². The maximum absolute atomic E-state index is 15.3. The first-order chi connectivity index (χ1) is 20.2. The van der Waals surface area contributed by atoms with Crippen LogP contribution in [0.1, 0.15) is 107 Å². The molecule has 1 heterocycles. The van der Waals surface area contributed by atoms with E-state index in [2.05, 4.69) is 6.92 Å². The maximum Gasteiger partial charge on any atom is 0.400 e. The van der Waals surface area contributed by atoms with Crippen LogP contribution in [0, 0.1) is 35.2 Å². The summed E-state index contributed by atoms with van der Waals surface area (Å²) in [5, 5.41) is 0. The van der Waals surface area contributed by atoms with Gasteiger partial charge < -0.3 is 14.2 Å². The summed E-state index contributed by atoms with van der Waals surface area (Å²) in [6, 6.07) is 7.86. The van der Waals surface area contributed by atoms with Crippen LogP contribution in [0.15, 0.2) is 36.4 Å². The van der Waals surface area contributed by atoms with E-state index < -0.39 is 29.4 Å². The molecular weight excluding hydrogens is 551 g/mol. The van der Waals surface area contributed by atoms with E-state index in [1.54, 1.807) is 6.07 Å². The second-order valence-electron chi connectivity index (χ2n) is 12.6. The second-order valence-corrected chi connectivity index (χ2v) is 12.6. The maximum atomic E-state index is 15.3. The third-order valence-electron chi connectivity index (χ3n) is 9.65. The van der Waals surface area contributed by atoms with Gasteiger partial charge in [-0.1, -0.05) is 38.3 Å². The summed E-state index contributed by atoms with van der Waals surface area (Å²) < 4.78 is 88.4. The zero-order valence-electron chi connectivity index (χ0n) is 24.4. The third-order valence-corrected chi connectivity index (χ3v) is 9.65. The van der Waals surface area contributed by atoms with Gasteiger partial charge in [-0.3, -0.25) is 0 Å². The summed E-state index contributed by atoms with van der Waals surface area (Å²) in [5.41, 5.74) is 1.57. The molecule has 5 rings (SSSR count). The molecule has 3 fully saturated rings. The van der Waals surface area contributed by atoms with Gasteiger partial charge in [0.2, 0.25) is 0 Å². The Balaban J connectivity index is 1.08. The van der Waals surface area contributed by atoms with E-state index in [1.165, 1.54) is 19.3 Å². The van der Waals surface area contributed by atoms with E-state index in [1.807, 2.05) is 12.1 Å². The quantitative estimate of drug-likeness (QED) is 0.202. The Hall–Kier alpha value is -2.19. The minimum atomic E-state index is -3.53. The van der Waals surface area contributed by atoms with Gasteiger partial charge >= 0.3 is 6.11 Å². The van der Waals surface area contributed by atoms with Crippen molar-refractivity contribution in [3.05, 3.63) is 65.0 Å². The molecule has 2 aromatic carbocycles. The number of unbranched alkanes of at least 4 members (excludes halogenated alkanes) is 2. The molecule has 0 spiro atoms. The van der Waals surface area contributed by atoms with Crippen molar-refractivity contribution in [2.24, 2.45) is 17.8 Å². The molecule has 1 saturated heterocycles. The summed E-state index contributed by atoms with van der Waals surface area (Å²) in [5.74, 6) is -3.10. The van der Waals surface area contributed by atoms with E-state index >= 15 is 4.39 Å². The lowest BCUT2D eigenvalue weighted by Gasteiger charge is -2.38. The molecule has 0 unspecified atom stereocenters. The van der Waals surface area contributed by atoms with Crippen molar-refractivity contribution in [1.82, 2.24) is 0 Å². The van der Waals surface area contributed by atoms with Crippen molar-refractivity contribution >= 4 is 0 Å². The fourth-order valence-electron chi connectivity index (χ4n) is 7.05. The van der Waals surface area contributed by atoms with Gasteiger partial charge in [0.05, 0.1) is 19.1 Å². The van der Waals surface area contributed by atoms with Crippen LogP contribution < -0.4 is 4.74 Å². The van der Waals surface area contributed by atoms with Crippen molar-refractivity contribution in [2.45, 2.75) is 108 Å². The van der Waals surface area contributed by atoms with E-state index in [0.717, 1.165) is 63.0 Å². The van der Waals surface area contributed by atoms with Crippen molar-refractivity contribution in [3.63, 3.8) is 0 Å². The lowest BCUT2D eigenvalue weighted by Crippen LogP contribution is -2.38. The van der Waals surface area contributed by atoms with Crippen molar-refractivity contribution in [1.29, 1.82) is 0 Å². The number of hydrogen-bond acceptors (Lipinski definition) is 3. The van der Waals surface area contributed by atoms with Crippen LogP contribution in [0.3, 0.4) is 0 Å². The molecule has 8 heteroatoms. The van der Waals surface area contributed by atoms with Crippen LogP contribution in [0.2, 0.25) is 0 Å². The van der Waals surface area contributed by atoms with Gasteiger partial charge in [-0.25, -0.2) is 13.2 Å². The SMILES string of the molecule is CCCCCC1COC(C2CCC(c3ccc(C4CCC(C(F)(F)Oc5ccc(F)c(F)c5)CC4)c(F)c3)CC2)OC1. The van der Waals surface area contributed by atoms with Crippen LogP contribution in [0.4, 0.5) is 22.0 Å². The summed E-state index contributed by atoms with van der Waals surface area (Å²) in [6.07, 6.45) is 6.23. The number of alkyl halides is 2. The standard InChI is InChI=1S/C34H43F5O3/c1-2-3-4-5-22-20-40-33(41-21-22)25-8-6-23(7-9-25)26-12-16-29(31(36)18-26)24-10-13-27(14-11-24)34(38,39)42-28-15-17-30(35)32(37)19-28/h12,15-19,22-25,27,33H,2-11,13-14,20-21H2,1H3. The average molecular weight is 595 g/mol. The number of benzene rings is 2. The first kappa shape index (κ1) is 31.2. The summed E-state index contributed by atoms with van der Waals surface area (Å²) in [7, 11) is 0. The van der Waals surface area contributed by atoms with Crippen LogP contribution in [-0.4, -0.2) is 25.6 Å². The molecule has 0 N–H and O–H groups in total. The number of ether oxygens (including phenoxy) is 3. The van der Waals surface area contributed by atoms with E-state index in [-0.39, 0.29) is 36.8 Å². The normalized spacial score (nSPS) is 28.9. The molecule has 3 nitrogen and oxygen atoms in total. The fourth-order valence-corrected chi connectivity index (χ4v) is 7.05. The Morgan fingerprint density at radius 2 is 1.45 bits per heavy atom. The van der Waals surface area contributed by atoms with Crippen LogP contribution in [0.5, 0.6) is 5.75 Å². The van der Waals surface area contributed by atoms with Crippen molar-refractivity contribution in [2.75, 3.05) is 13.2 Å². The number of hydrogen-bond donors (Lipinski definition) is 0. The highest BCUT2D eigenvalue weighted by molar-refractivity contribution is 5.30. The van der Waals surface area contributed by atoms with Crippen LogP contribution in [-0.2, 0) is 9.47 Å². The molecular formula is C34H43F5O3. The lowest BCUT2D eigenvalue weighted by molar-refractivity contribution is -0.229. The average Bonchev–Trinajstić information content (AvgIpc) is 2.99. The van der Waals surface area contributed by atoms with Crippen LogP contribution in [0.25, 0.3) is 0 Å². The number of rotatable bonds is 10. The molecule has 3 aliphatic rings. The highest BCUT2D eigenvalue weighted by Crippen LogP contribution is 2.45. The Bertz CT molecular complexity index is 1150. The summed E-state index contributed by atoms with van der Waals surface area (Å²) in [4.78, 5) is 0. The first-order valence-electron chi connectivity index (χ1n) is 15.8. The number of halogens is 5. The van der Waals surface area contributed by atoms with E-state index in [4.69, 9.17) is 14.2 Å². The molecule has 232 valence electrons. The van der Waals surface area contributed by atoms with Gasteiger partial charge in [0.15, 0.2) is 17.9 Å². The Morgan fingerprint density at radius 3 is 2.10 bits per heavy atom. The Kier molecular flexibility index (Phi) is 10.5. The monoisotopic (exact) mass is 594 g/mol. The molecule has 0 amide bonds. The van der Waals surface area contributed by atoms with Crippen molar-refractivity contribution in [3.8, 4) is 5.75 Å². The molecule has 0 bridgehead atoms. The molecule has 2 aromatic rings. The molecule has 42 heavy (non-hydrogen) atoms. The Morgan fingerprint density at radius 1 is 0.762 bits per heavy atom. The van der Waals surface area contributed by atoms with Gasteiger partial charge in [-0.05, 0) is 98.9 Å². The Labute approximate surface area is 246 Å². The smallest absolute Gasteiger partial charge is 0.400 e. The largest absolute Gasteiger partial charge is 0.432 e. The highest BCUT2D eigenvalue weighted by Gasteiger charge is 2.44. The summed E-state index contributed by atoms with van der Waals surface area (Å²) in [6.45, 7) is 3.77. The van der Waals surface area contributed by atoms with Gasteiger partial charge in [-0.2, -0.15) is 8.78 Å². The highest BCUT2D eigenvalue weighted by atomic mass is 19.3. The lowest BCUT2D eigenvalue weighted by atomic mass is 9.76. The molecule has 0 atom stereocenters. The topological polar surface area (TPSA) is 27.7 Å². The molecule has 2 aliphatic carbocycles. The van der Waals surface area contributed by atoms with Gasteiger partial charge in [0, 0.05) is 17.9 Å². The third kappa shape index (κ3) is 7.65.